The number of amides is 2. The topological polar surface area (TPSA) is 125 Å². The Morgan fingerprint density at radius 1 is 1.05 bits per heavy atom. The number of urea groups is 1. The molecule has 22 heavy (non-hydrogen) atoms. The van der Waals surface area contributed by atoms with E-state index in [1.54, 1.807) is 0 Å². The Hall–Kier alpha value is -3.42. The highest BCUT2D eigenvalue weighted by atomic mass is 16.6. The van der Waals surface area contributed by atoms with Gasteiger partial charge in [-0.15, -0.1) is 0 Å². The second-order valence-corrected chi connectivity index (χ2v) is 4.21. The molecule has 0 radical (unpaired) electrons. The third-order valence-corrected chi connectivity index (χ3v) is 2.65. The summed E-state index contributed by atoms with van der Waals surface area (Å²) in [4.78, 5) is 32.6. The SMILES string of the molecule is NC(=O)Nc1ccc(C(=O)Oc2ccc([N+](=O)[O-])cc2)cc1. The summed E-state index contributed by atoms with van der Waals surface area (Å²) in [6.45, 7) is 0. The molecular formula is C14H11N3O5. The standard InChI is InChI=1S/C14H11N3O5/c15-14(19)16-10-3-1-9(2-4-10)13(18)22-12-7-5-11(6-8-12)17(20)21/h1-8H,(H3,15,16,19). The lowest BCUT2D eigenvalue weighted by Gasteiger charge is -2.05. The predicted molar refractivity (Wildman–Crippen MR) is 77.7 cm³/mol. The number of esters is 1. The van der Waals surface area contributed by atoms with Crippen molar-refractivity contribution in [1.82, 2.24) is 0 Å². The quantitative estimate of drug-likeness (QED) is 0.388. The van der Waals surface area contributed by atoms with Crippen LogP contribution in [0.1, 0.15) is 10.4 Å². The van der Waals surface area contributed by atoms with E-state index in [9.17, 15) is 19.7 Å². The van der Waals surface area contributed by atoms with E-state index in [4.69, 9.17) is 10.5 Å². The fraction of sp³-hybridized carbons (Fsp3) is 0. The molecule has 2 rings (SSSR count). The van der Waals surface area contributed by atoms with Crippen LogP contribution in [-0.4, -0.2) is 16.9 Å². The average Bonchev–Trinajstić information content (AvgIpc) is 2.48. The van der Waals surface area contributed by atoms with Crippen LogP contribution in [0.2, 0.25) is 0 Å². The zero-order valence-electron chi connectivity index (χ0n) is 11.2. The number of carbonyl (C=O) groups is 2. The number of nitro benzene ring substituents is 1. The first kappa shape index (κ1) is 15.0. The molecule has 0 saturated carbocycles. The summed E-state index contributed by atoms with van der Waals surface area (Å²) in [6.07, 6.45) is 0. The van der Waals surface area contributed by atoms with Crippen molar-refractivity contribution in [2.45, 2.75) is 0 Å². The van der Waals surface area contributed by atoms with Gasteiger partial charge in [-0.05, 0) is 36.4 Å². The molecule has 3 N–H and O–H groups in total. The monoisotopic (exact) mass is 301 g/mol. The smallest absolute Gasteiger partial charge is 0.343 e. The fourth-order valence-corrected chi connectivity index (χ4v) is 1.63. The molecule has 8 nitrogen and oxygen atoms in total. The number of rotatable bonds is 4. The molecule has 112 valence electrons. The van der Waals surface area contributed by atoms with E-state index in [1.807, 2.05) is 0 Å². The van der Waals surface area contributed by atoms with Crippen molar-refractivity contribution in [3.05, 3.63) is 64.2 Å². The first-order valence-electron chi connectivity index (χ1n) is 6.09. The fourth-order valence-electron chi connectivity index (χ4n) is 1.63. The number of benzene rings is 2. The maximum atomic E-state index is 11.9. The molecule has 2 aromatic carbocycles. The molecule has 0 aliphatic heterocycles. The van der Waals surface area contributed by atoms with Gasteiger partial charge in [0.05, 0.1) is 10.5 Å². The minimum Gasteiger partial charge on any atom is -0.423 e. The molecule has 0 fully saturated rings. The minimum absolute atomic E-state index is 0.0957. The molecule has 2 amide bonds. The van der Waals surface area contributed by atoms with Gasteiger partial charge in [-0.3, -0.25) is 10.1 Å². The van der Waals surface area contributed by atoms with Gasteiger partial charge in [0.15, 0.2) is 0 Å². The summed E-state index contributed by atoms with van der Waals surface area (Å²) in [7, 11) is 0. The molecule has 0 aliphatic carbocycles. The molecule has 0 spiro atoms. The number of nitro groups is 1. The number of non-ortho nitro benzene ring substituents is 1. The van der Waals surface area contributed by atoms with Crippen LogP contribution in [0.25, 0.3) is 0 Å². The van der Waals surface area contributed by atoms with Gasteiger partial charge in [-0.25, -0.2) is 9.59 Å². The van der Waals surface area contributed by atoms with Gasteiger partial charge in [0, 0.05) is 17.8 Å². The zero-order chi connectivity index (χ0) is 16.1. The number of nitrogens with zero attached hydrogens (tertiary/aromatic N) is 1. The van der Waals surface area contributed by atoms with Gasteiger partial charge >= 0.3 is 12.0 Å². The summed E-state index contributed by atoms with van der Waals surface area (Å²) in [5.41, 5.74) is 5.57. The molecule has 8 heteroatoms. The summed E-state index contributed by atoms with van der Waals surface area (Å²) in [5, 5.41) is 12.9. The van der Waals surface area contributed by atoms with Crippen molar-refractivity contribution in [3.8, 4) is 5.75 Å². The number of ether oxygens (including phenoxy) is 1. The zero-order valence-corrected chi connectivity index (χ0v) is 11.2. The van der Waals surface area contributed by atoms with Gasteiger partial charge < -0.3 is 15.8 Å². The van der Waals surface area contributed by atoms with Gasteiger partial charge in [0.2, 0.25) is 0 Å². The second kappa shape index (κ2) is 6.35. The summed E-state index contributed by atoms with van der Waals surface area (Å²) in [5.74, 6) is -0.436. The highest BCUT2D eigenvalue weighted by molar-refractivity contribution is 5.92. The van der Waals surface area contributed by atoms with E-state index in [-0.39, 0.29) is 17.0 Å². The van der Waals surface area contributed by atoms with Crippen molar-refractivity contribution in [3.63, 3.8) is 0 Å². The number of primary amides is 1. The maximum absolute atomic E-state index is 11.9. The number of anilines is 1. The first-order valence-corrected chi connectivity index (χ1v) is 6.09. The normalized spacial score (nSPS) is 9.82. The Morgan fingerprint density at radius 2 is 1.64 bits per heavy atom. The molecular weight excluding hydrogens is 290 g/mol. The van der Waals surface area contributed by atoms with Gasteiger partial charge in [-0.2, -0.15) is 0 Å². The Bertz CT molecular complexity index is 710. The molecule has 0 heterocycles. The van der Waals surface area contributed by atoms with E-state index >= 15 is 0 Å². The van der Waals surface area contributed by atoms with E-state index in [0.29, 0.717) is 5.69 Å². The van der Waals surface area contributed by atoms with Crippen LogP contribution in [-0.2, 0) is 0 Å². The van der Waals surface area contributed by atoms with Crippen molar-refractivity contribution in [2.75, 3.05) is 5.32 Å². The maximum Gasteiger partial charge on any atom is 0.343 e. The lowest BCUT2D eigenvalue weighted by molar-refractivity contribution is -0.384. The largest absolute Gasteiger partial charge is 0.423 e. The molecule has 0 aliphatic rings. The Morgan fingerprint density at radius 3 is 2.14 bits per heavy atom. The lowest BCUT2D eigenvalue weighted by Crippen LogP contribution is -2.19. The van der Waals surface area contributed by atoms with Crippen LogP contribution in [0.3, 0.4) is 0 Å². The molecule has 0 aromatic heterocycles. The number of nitrogens with one attached hydrogen (secondary N) is 1. The number of nitrogens with two attached hydrogens (primary N) is 1. The van der Waals surface area contributed by atoms with Crippen molar-refractivity contribution < 1.29 is 19.2 Å². The highest BCUT2D eigenvalue weighted by Crippen LogP contribution is 2.19. The van der Waals surface area contributed by atoms with E-state index < -0.39 is 16.9 Å². The molecule has 2 aromatic rings. The summed E-state index contributed by atoms with van der Waals surface area (Å²) in [6, 6.07) is 10.3. The summed E-state index contributed by atoms with van der Waals surface area (Å²) >= 11 is 0. The van der Waals surface area contributed by atoms with Crippen LogP contribution in [0.4, 0.5) is 16.2 Å². The Balaban J connectivity index is 2.05. The van der Waals surface area contributed by atoms with Gasteiger partial charge in [0.1, 0.15) is 5.75 Å². The van der Waals surface area contributed by atoms with E-state index in [2.05, 4.69) is 5.32 Å². The van der Waals surface area contributed by atoms with Crippen molar-refractivity contribution >= 4 is 23.4 Å². The Labute approximate surface area is 124 Å². The predicted octanol–water partition coefficient (Wildman–Crippen LogP) is 2.30. The summed E-state index contributed by atoms with van der Waals surface area (Å²) < 4.78 is 5.08. The lowest BCUT2D eigenvalue weighted by atomic mass is 10.2. The van der Waals surface area contributed by atoms with Crippen LogP contribution in [0.15, 0.2) is 48.5 Å². The molecule has 0 bridgehead atoms. The molecule has 0 atom stereocenters. The average molecular weight is 301 g/mol. The van der Waals surface area contributed by atoms with Gasteiger partial charge in [-0.1, -0.05) is 0 Å². The first-order chi connectivity index (χ1) is 10.5. The van der Waals surface area contributed by atoms with Crippen LogP contribution in [0.5, 0.6) is 5.75 Å². The van der Waals surface area contributed by atoms with Crippen molar-refractivity contribution in [2.24, 2.45) is 5.73 Å². The van der Waals surface area contributed by atoms with Crippen LogP contribution in [0, 0.1) is 10.1 Å². The number of hydrogen-bond acceptors (Lipinski definition) is 5. The van der Waals surface area contributed by atoms with Crippen LogP contribution >= 0.6 is 0 Å². The highest BCUT2D eigenvalue weighted by Gasteiger charge is 2.10. The van der Waals surface area contributed by atoms with Crippen LogP contribution < -0.4 is 15.8 Å². The van der Waals surface area contributed by atoms with Crippen molar-refractivity contribution in [1.29, 1.82) is 0 Å². The third kappa shape index (κ3) is 3.79. The Kier molecular flexibility index (Phi) is 4.33. The molecule has 0 unspecified atom stereocenters. The third-order valence-electron chi connectivity index (χ3n) is 2.65. The number of carbonyl (C=O) groups excluding carboxylic acids is 2. The molecule has 0 saturated heterocycles. The minimum atomic E-state index is -0.707. The second-order valence-electron chi connectivity index (χ2n) is 4.21. The van der Waals surface area contributed by atoms with E-state index in [0.717, 1.165) is 0 Å². The van der Waals surface area contributed by atoms with E-state index in [1.165, 1.54) is 48.5 Å². The number of hydrogen-bond donors (Lipinski definition) is 2. The van der Waals surface area contributed by atoms with Gasteiger partial charge in [0.25, 0.3) is 5.69 Å².